The number of aryl methyl sites for hydroxylation is 1. The van der Waals surface area contributed by atoms with Gasteiger partial charge in [0.25, 0.3) is 0 Å². The molecule has 2 rings (SSSR count). The van der Waals surface area contributed by atoms with Crippen LogP contribution in [0, 0.1) is 6.92 Å². The lowest BCUT2D eigenvalue weighted by molar-refractivity contribution is -0.121. The summed E-state index contributed by atoms with van der Waals surface area (Å²) in [6.07, 6.45) is 9.02. The maximum atomic E-state index is 11.8. The predicted octanol–water partition coefficient (Wildman–Crippen LogP) is 5.40. The van der Waals surface area contributed by atoms with Gasteiger partial charge in [-0.1, -0.05) is 62.8 Å². The molecule has 0 atom stereocenters. The van der Waals surface area contributed by atoms with Gasteiger partial charge in [0.1, 0.15) is 5.15 Å². The van der Waals surface area contributed by atoms with Crippen molar-refractivity contribution < 1.29 is 4.79 Å². The number of hydrogen-bond donors (Lipinski definition) is 1. The van der Waals surface area contributed by atoms with Crippen LogP contribution in [0.25, 0.3) is 10.9 Å². The molecule has 0 bridgehead atoms. The molecule has 2 aromatic rings. The molecule has 0 radical (unpaired) electrons. The molecule has 5 heteroatoms. The molecule has 0 fully saturated rings. The second-order valence-electron chi connectivity index (χ2n) is 6.38. The number of hydrogen-bond acceptors (Lipinski definition) is 3. The van der Waals surface area contributed by atoms with Gasteiger partial charge >= 0.3 is 0 Å². The lowest BCUT2D eigenvalue weighted by atomic mass is 10.1. The highest BCUT2D eigenvalue weighted by Gasteiger charge is 2.04. The van der Waals surface area contributed by atoms with Crippen LogP contribution < -0.4 is 5.43 Å². The maximum Gasteiger partial charge on any atom is 0.240 e. The van der Waals surface area contributed by atoms with Gasteiger partial charge in [-0.2, -0.15) is 5.10 Å². The fourth-order valence-electron chi connectivity index (χ4n) is 2.66. The van der Waals surface area contributed by atoms with Gasteiger partial charge in [-0.25, -0.2) is 10.4 Å². The van der Waals surface area contributed by atoms with Crippen molar-refractivity contribution in [2.24, 2.45) is 5.10 Å². The van der Waals surface area contributed by atoms with Gasteiger partial charge < -0.3 is 0 Å². The molecule has 0 aliphatic rings. The molecule has 0 saturated heterocycles. The Morgan fingerprint density at radius 1 is 1.20 bits per heavy atom. The van der Waals surface area contributed by atoms with E-state index in [1.54, 1.807) is 6.21 Å². The molecule has 0 spiro atoms. The van der Waals surface area contributed by atoms with Crippen molar-refractivity contribution in [1.82, 2.24) is 10.4 Å². The van der Waals surface area contributed by atoms with E-state index in [2.05, 4.69) is 22.4 Å². The molecule has 0 aliphatic heterocycles. The van der Waals surface area contributed by atoms with Gasteiger partial charge in [0.2, 0.25) is 5.91 Å². The highest BCUT2D eigenvalue weighted by molar-refractivity contribution is 6.32. The average Bonchev–Trinajstić information content (AvgIpc) is 2.58. The zero-order valence-electron chi connectivity index (χ0n) is 15.0. The SMILES string of the molecule is CCCCCCCCC(=O)NN=Cc1cc2ccc(C)cc2nc1Cl. The number of unbranched alkanes of at least 4 members (excludes halogenated alkanes) is 5. The topological polar surface area (TPSA) is 54.4 Å². The average molecular weight is 360 g/mol. The minimum atomic E-state index is -0.0627. The summed E-state index contributed by atoms with van der Waals surface area (Å²) in [5, 5.41) is 5.38. The molecule has 0 saturated carbocycles. The first kappa shape index (κ1) is 19.4. The van der Waals surface area contributed by atoms with E-state index < -0.39 is 0 Å². The zero-order valence-corrected chi connectivity index (χ0v) is 15.8. The Kier molecular flexibility index (Phi) is 7.86. The van der Waals surface area contributed by atoms with Crippen molar-refractivity contribution in [1.29, 1.82) is 0 Å². The largest absolute Gasteiger partial charge is 0.273 e. The number of pyridine rings is 1. The number of nitrogens with one attached hydrogen (secondary N) is 1. The van der Waals surface area contributed by atoms with E-state index in [0.29, 0.717) is 17.1 Å². The highest BCUT2D eigenvalue weighted by Crippen LogP contribution is 2.20. The molecule has 1 amide bonds. The Morgan fingerprint density at radius 3 is 2.76 bits per heavy atom. The third-order valence-electron chi connectivity index (χ3n) is 4.10. The van der Waals surface area contributed by atoms with Gasteiger partial charge in [-0.3, -0.25) is 4.79 Å². The number of carbonyl (C=O) groups excluding carboxylic acids is 1. The molecule has 1 N–H and O–H groups in total. The second-order valence-corrected chi connectivity index (χ2v) is 6.73. The smallest absolute Gasteiger partial charge is 0.240 e. The predicted molar refractivity (Wildman–Crippen MR) is 105 cm³/mol. The minimum absolute atomic E-state index is 0.0627. The number of amides is 1. The Bertz CT molecular complexity index is 743. The molecule has 25 heavy (non-hydrogen) atoms. The summed E-state index contributed by atoms with van der Waals surface area (Å²) in [6.45, 7) is 4.22. The van der Waals surface area contributed by atoms with Crippen LogP contribution in [0.3, 0.4) is 0 Å². The van der Waals surface area contributed by atoms with Gasteiger partial charge in [0.05, 0.1) is 11.7 Å². The summed E-state index contributed by atoms with van der Waals surface area (Å²) in [5.41, 5.74) is 5.25. The van der Waals surface area contributed by atoms with Crippen molar-refractivity contribution in [2.75, 3.05) is 0 Å². The van der Waals surface area contributed by atoms with Crippen LogP contribution in [-0.4, -0.2) is 17.1 Å². The summed E-state index contributed by atoms with van der Waals surface area (Å²) < 4.78 is 0. The highest BCUT2D eigenvalue weighted by atomic mass is 35.5. The van der Waals surface area contributed by atoms with Crippen molar-refractivity contribution in [3.63, 3.8) is 0 Å². The van der Waals surface area contributed by atoms with Crippen LogP contribution in [-0.2, 0) is 4.79 Å². The minimum Gasteiger partial charge on any atom is -0.273 e. The van der Waals surface area contributed by atoms with Crippen LogP contribution in [0.2, 0.25) is 5.15 Å². The van der Waals surface area contributed by atoms with E-state index in [-0.39, 0.29) is 5.91 Å². The van der Waals surface area contributed by atoms with E-state index in [9.17, 15) is 4.79 Å². The van der Waals surface area contributed by atoms with Gasteiger partial charge in [0, 0.05) is 17.4 Å². The molecular formula is C20H26ClN3O. The first-order valence-corrected chi connectivity index (χ1v) is 9.36. The lowest BCUT2D eigenvalue weighted by Crippen LogP contribution is -2.17. The molecule has 1 heterocycles. The van der Waals surface area contributed by atoms with Crippen LogP contribution in [0.1, 0.15) is 63.0 Å². The molecule has 0 aliphatic carbocycles. The monoisotopic (exact) mass is 359 g/mol. The van der Waals surface area contributed by atoms with Crippen molar-refractivity contribution >= 4 is 34.6 Å². The molecule has 4 nitrogen and oxygen atoms in total. The van der Waals surface area contributed by atoms with Crippen LogP contribution in [0.15, 0.2) is 29.4 Å². The second kappa shape index (κ2) is 10.1. The van der Waals surface area contributed by atoms with E-state index in [1.165, 1.54) is 25.7 Å². The number of aromatic nitrogens is 1. The van der Waals surface area contributed by atoms with E-state index in [1.807, 2.05) is 31.2 Å². The number of benzene rings is 1. The summed E-state index contributed by atoms with van der Waals surface area (Å²) in [4.78, 5) is 16.2. The number of fused-ring (bicyclic) bond motifs is 1. The summed E-state index contributed by atoms with van der Waals surface area (Å²) in [6, 6.07) is 7.95. The van der Waals surface area contributed by atoms with Crippen LogP contribution >= 0.6 is 11.6 Å². The number of halogens is 1. The third kappa shape index (κ3) is 6.46. The van der Waals surface area contributed by atoms with Gasteiger partial charge in [-0.15, -0.1) is 0 Å². The van der Waals surface area contributed by atoms with Crippen LogP contribution in [0.5, 0.6) is 0 Å². The Balaban J connectivity index is 1.83. The lowest BCUT2D eigenvalue weighted by Gasteiger charge is -2.03. The molecular weight excluding hydrogens is 334 g/mol. The summed E-state index contributed by atoms with van der Waals surface area (Å²) in [5.74, 6) is -0.0627. The van der Waals surface area contributed by atoms with E-state index >= 15 is 0 Å². The molecule has 1 aromatic carbocycles. The van der Waals surface area contributed by atoms with E-state index in [0.717, 1.165) is 29.3 Å². The van der Waals surface area contributed by atoms with E-state index in [4.69, 9.17) is 11.6 Å². The van der Waals surface area contributed by atoms with Gasteiger partial charge in [-0.05, 0) is 31.0 Å². The van der Waals surface area contributed by atoms with Crippen molar-refractivity contribution in [3.8, 4) is 0 Å². The zero-order chi connectivity index (χ0) is 18.1. The van der Waals surface area contributed by atoms with Crippen molar-refractivity contribution in [2.45, 2.75) is 58.8 Å². The number of hydrazone groups is 1. The quantitative estimate of drug-likeness (QED) is 0.282. The molecule has 0 unspecified atom stereocenters. The Labute approximate surface area is 154 Å². The maximum absolute atomic E-state index is 11.8. The summed E-state index contributed by atoms with van der Waals surface area (Å²) >= 11 is 6.20. The fourth-order valence-corrected chi connectivity index (χ4v) is 2.85. The van der Waals surface area contributed by atoms with Crippen LogP contribution in [0.4, 0.5) is 0 Å². The third-order valence-corrected chi connectivity index (χ3v) is 4.41. The Morgan fingerprint density at radius 2 is 1.96 bits per heavy atom. The Hall–Kier alpha value is -1.94. The standard InChI is InChI=1S/C20H26ClN3O/c1-3-4-5-6-7-8-9-19(25)24-22-14-17-13-16-11-10-15(2)12-18(16)23-20(17)21/h10-14H,3-9H2,1-2H3,(H,24,25). The molecule has 134 valence electrons. The number of rotatable bonds is 9. The number of nitrogens with zero attached hydrogens (tertiary/aromatic N) is 2. The first-order chi connectivity index (χ1) is 12.1. The number of carbonyl (C=O) groups is 1. The first-order valence-electron chi connectivity index (χ1n) is 8.99. The normalized spacial score (nSPS) is 11.3. The van der Waals surface area contributed by atoms with Crippen molar-refractivity contribution in [3.05, 3.63) is 40.5 Å². The molecule has 1 aromatic heterocycles. The fraction of sp³-hybridized carbons (Fsp3) is 0.450. The summed E-state index contributed by atoms with van der Waals surface area (Å²) in [7, 11) is 0. The van der Waals surface area contributed by atoms with Gasteiger partial charge in [0.15, 0.2) is 0 Å².